The van der Waals surface area contributed by atoms with Crippen LogP contribution in [0.15, 0.2) is 12.1 Å². The van der Waals surface area contributed by atoms with Crippen LogP contribution in [-0.4, -0.2) is 59.5 Å². The predicted molar refractivity (Wildman–Crippen MR) is 104 cm³/mol. The molecule has 1 aromatic carbocycles. The van der Waals surface area contributed by atoms with Crippen LogP contribution >= 0.6 is 0 Å². The number of hydrogen-bond donors (Lipinski definition) is 2. The van der Waals surface area contributed by atoms with Crippen LogP contribution in [0.5, 0.6) is 0 Å². The van der Waals surface area contributed by atoms with E-state index in [1.165, 1.54) is 0 Å². The Morgan fingerprint density at radius 3 is 2.15 bits per heavy atom. The second-order valence-corrected chi connectivity index (χ2v) is 8.25. The van der Waals surface area contributed by atoms with Gasteiger partial charge < -0.3 is 20.7 Å². The average Bonchev–Trinajstić information content (AvgIpc) is 2.61. The topological polar surface area (TPSA) is 105 Å². The van der Waals surface area contributed by atoms with E-state index in [9.17, 15) is 40.7 Å². The van der Waals surface area contributed by atoms with Crippen molar-refractivity contribution in [3.8, 4) is 0 Å². The number of carbonyl (C=O) groups excluding carboxylic acids is 3. The summed E-state index contributed by atoms with van der Waals surface area (Å²) < 4.78 is 83.5. The summed E-state index contributed by atoms with van der Waals surface area (Å²) in [5.74, 6) is -1.72. The Bertz CT molecular complexity index is 940. The Kier molecular flexibility index (Phi) is 7.09. The van der Waals surface area contributed by atoms with Crippen LogP contribution in [0.2, 0.25) is 0 Å². The van der Waals surface area contributed by atoms with Gasteiger partial charge in [-0.15, -0.1) is 0 Å². The summed E-state index contributed by atoms with van der Waals surface area (Å²) in [4.78, 5) is 38.7. The van der Waals surface area contributed by atoms with E-state index in [1.807, 2.05) is 5.32 Å². The van der Waals surface area contributed by atoms with Crippen molar-refractivity contribution in [1.82, 2.24) is 9.80 Å². The molecule has 1 aromatic rings. The third kappa shape index (κ3) is 6.89. The standard InChI is InChI=1S/C19H22F6N4O4/c1-17(2,3)33-16(32)29-5-4-28(14(31)9-29)8-13(30)27-12-7-10(18(20,21)22)6-11(15(12)26)19(23,24)25/h6-7H,4-5,8-9,26H2,1-3H3,(H,27,30). The molecule has 33 heavy (non-hydrogen) atoms. The number of hydrogen-bond acceptors (Lipinski definition) is 5. The van der Waals surface area contributed by atoms with Crippen LogP contribution in [0.1, 0.15) is 31.9 Å². The minimum absolute atomic E-state index is 0.0118. The van der Waals surface area contributed by atoms with Gasteiger partial charge in [0.15, 0.2) is 0 Å². The second-order valence-electron chi connectivity index (χ2n) is 8.25. The van der Waals surface area contributed by atoms with Crippen LogP contribution in [0.4, 0.5) is 42.5 Å². The maximum atomic E-state index is 13.1. The van der Waals surface area contributed by atoms with E-state index in [1.54, 1.807) is 20.8 Å². The SMILES string of the molecule is CC(C)(C)OC(=O)N1CCN(CC(=O)Nc2cc(C(F)(F)F)cc(C(F)(F)F)c2N)C(=O)C1. The van der Waals surface area contributed by atoms with Gasteiger partial charge >= 0.3 is 18.4 Å². The van der Waals surface area contributed by atoms with E-state index in [0.717, 1.165) is 9.80 Å². The molecule has 0 spiro atoms. The van der Waals surface area contributed by atoms with E-state index in [4.69, 9.17) is 10.5 Å². The summed E-state index contributed by atoms with van der Waals surface area (Å²) in [6.45, 7) is 3.74. The lowest BCUT2D eigenvalue weighted by Crippen LogP contribution is -2.54. The monoisotopic (exact) mass is 484 g/mol. The minimum atomic E-state index is -5.20. The van der Waals surface area contributed by atoms with Gasteiger partial charge in [0.25, 0.3) is 0 Å². The lowest BCUT2D eigenvalue weighted by atomic mass is 10.1. The van der Waals surface area contributed by atoms with Gasteiger partial charge in [-0.25, -0.2) is 4.79 Å². The molecule has 0 atom stereocenters. The molecule has 8 nitrogen and oxygen atoms in total. The first-order valence-corrected chi connectivity index (χ1v) is 9.52. The van der Waals surface area contributed by atoms with Crippen LogP contribution < -0.4 is 11.1 Å². The highest BCUT2D eigenvalue weighted by atomic mass is 19.4. The summed E-state index contributed by atoms with van der Waals surface area (Å²) in [6, 6.07) is 0.134. The number of nitrogen functional groups attached to an aromatic ring is 1. The van der Waals surface area contributed by atoms with Gasteiger partial charge in [0.1, 0.15) is 12.1 Å². The molecular formula is C19H22F6N4O4. The third-order valence-electron chi connectivity index (χ3n) is 4.39. The van der Waals surface area contributed by atoms with Crippen molar-refractivity contribution >= 4 is 29.3 Å². The predicted octanol–water partition coefficient (Wildman–Crippen LogP) is 3.32. The van der Waals surface area contributed by atoms with E-state index in [0.29, 0.717) is 0 Å². The van der Waals surface area contributed by atoms with Gasteiger partial charge in [0.05, 0.1) is 29.0 Å². The normalized spacial score (nSPS) is 15.5. The maximum absolute atomic E-state index is 13.1. The molecular weight excluding hydrogens is 462 g/mol. The number of benzene rings is 1. The summed E-state index contributed by atoms with van der Waals surface area (Å²) in [5.41, 5.74) is -0.829. The lowest BCUT2D eigenvalue weighted by molar-refractivity contribution is -0.142. The van der Waals surface area contributed by atoms with Crippen molar-refractivity contribution in [3.63, 3.8) is 0 Å². The number of nitrogens with zero attached hydrogens (tertiary/aromatic N) is 2. The molecule has 0 unspecified atom stereocenters. The summed E-state index contributed by atoms with van der Waals surface area (Å²) >= 11 is 0. The Morgan fingerprint density at radius 1 is 1.06 bits per heavy atom. The molecule has 0 saturated carbocycles. The molecule has 14 heteroatoms. The highest BCUT2D eigenvalue weighted by Crippen LogP contribution is 2.42. The second kappa shape index (κ2) is 8.98. The van der Waals surface area contributed by atoms with E-state index >= 15 is 0 Å². The number of amides is 3. The number of halogens is 6. The number of carbonyl (C=O) groups is 3. The molecule has 184 valence electrons. The molecule has 1 heterocycles. The van der Waals surface area contributed by atoms with Crippen LogP contribution in [0.25, 0.3) is 0 Å². The first-order chi connectivity index (χ1) is 14.9. The first kappa shape index (κ1) is 26.1. The summed E-state index contributed by atoms with van der Waals surface area (Å²) in [7, 11) is 0. The third-order valence-corrected chi connectivity index (χ3v) is 4.39. The van der Waals surface area contributed by atoms with Crippen molar-refractivity contribution in [2.24, 2.45) is 0 Å². The molecule has 3 N–H and O–H groups in total. The molecule has 1 saturated heterocycles. The van der Waals surface area contributed by atoms with Crippen molar-refractivity contribution in [3.05, 3.63) is 23.3 Å². The van der Waals surface area contributed by atoms with Gasteiger partial charge in [-0.05, 0) is 32.9 Å². The highest BCUT2D eigenvalue weighted by molar-refractivity contribution is 5.98. The fourth-order valence-corrected chi connectivity index (χ4v) is 2.88. The van der Waals surface area contributed by atoms with Gasteiger partial charge in [-0.1, -0.05) is 0 Å². The molecule has 1 aliphatic heterocycles. The number of piperazine rings is 1. The van der Waals surface area contributed by atoms with Crippen LogP contribution in [0, 0.1) is 0 Å². The lowest BCUT2D eigenvalue weighted by Gasteiger charge is -2.34. The van der Waals surface area contributed by atoms with Crippen LogP contribution in [-0.2, 0) is 26.7 Å². The van der Waals surface area contributed by atoms with Gasteiger partial charge in [0.2, 0.25) is 11.8 Å². The highest BCUT2D eigenvalue weighted by Gasteiger charge is 2.39. The first-order valence-electron chi connectivity index (χ1n) is 9.52. The summed E-state index contributed by atoms with van der Waals surface area (Å²) in [5, 5.41) is 1.91. The average molecular weight is 484 g/mol. The zero-order chi connectivity index (χ0) is 25.4. The van der Waals surface area contributed by atoms with Gasteiger partial charge in [0, 0.05) is 13.1 Å². The smallest absolute Gasteiger partial charge is 0.418 e. The largest absolute Gasteiger partial charge is 0.444 e. The molecule has 0 aliphatic carbocycles. The van der Waals surface area contributed by atoms with Crippen LogP contribution in [0.3, 0.4) is 0 Å². The Hall–Kier alpha value is -3.19. The molecule has 1 fully saturated rings. The fourth-order valence-electron chi connectivity index (χ4n) is 2.88. The number of nitrogens with two attached hydrogens (primary N) is 1. The van der Waals surface area contributed by atoms with Crippen molar-refractivity contribution in [1.29, 1.82) is 0 Å². The van der Waals surface area contributed by atoms with E-state index in [-0.39, 0.29) is 25.2 Å². The minimum Gasteiger partial charge on any atom is -0.444 e. The molecule has 3 amide bonds. The quantitative estimate of drug-likeness (QED) is 0.506. The number of nitrogens with one attached hydrogen (secondary N) is 1. The Morgan fingerprint density at radius 2 is 1.67 bits per heavy atom. The molecule has 0 bridgehead atoms. The number of alkyl halides is 6. The molecule has 0 radical (unpaired) electrons. The zero-order valence-corrected chi connectivity index (χ0v) is 17.9. The molecule has 2 rings (SSSR count). The van der Waals surface area contributed by atoms with Gasteiger partial charge in [-0.2, -0.15) is 26.3 Å². The Labute approximate surface area is 184 Å². The number of ether oxygens (including phenoxy) is 1. The van der Waals surface area contributed by atoms with Crippen molar-refractivity contribution < 1.29 is 45.5 Å². The Balaban J connectivity index is 2.12. The van der Waals surface area contributed by atoms with E-state index in [2.05, 4.69) is 0 Å². The summed E-state index contributed by atoms with van der Waals surface area (Å²) in [6.07, 6.45) is -11.1. The zero-order valence-electron chi connectivity index (χ0n) is 17.9. The van der Waals surface area contributed by atoms with Crippen molar-refractivity contribution in [2.45, 2.75) is 38.7 Å². The fraction of sp³-hybridized carbons (Fsp3) is 0.526. The number of anilines is 2. The molecule has 0 aromatic heterocycles. The van der Waals surface area contributed by atoms with Gasteiger partial charge in [-0.3, -0.25) is 14.5 Å². The number of rotatable bonds is 3. The maximum Gasteiger partial charge on any atom is 0.418 e. The van der Waals surface area contributed by atoms with Crippen molar-refractivity contribution in [2.75, 3.05) is 37.2 Å². The van der Waals surface area contributed by atoms with E-state index < -0.39 is 71.5 Å². The molecule has 1 aliphatic rings.